The number of sulfonamides is 1. The van der Waals surface area contributed by atoms with E-state index in [4.69, 9.17) is 0 Å². The highest BCUT2D eigenvalue weighted by Crippen LogP contribution is 2.32. The Kier molecular flexibility index (Phi) is 5.46. The number of nitrogens with zero attached hydrogens (tertiary/aromatic N) is 3. The van der Waals surface area contributed by atoms with Crippen LogP contribution in [0.15, 0.2) is 48.8 Å². The van der Waals surface area contributed by atoms with Gasteiger partial charge in [-0.25, -0.2) is 12.7 Å². The Labute approximate surface area is 177 Å². The van der Waals surface area contributed by atoms with Crippen LogP contribution in [0.25, 0.3) is 21.9 Å². The molecule has 1 N–H and O–H groups in total. The molecule has 1 aromatic heterocycles. The van der Waals surface area contributed by atoms with Crippen LogP contribution in [0.4, 0.5) is 5.69 Å². The second-order valence-corrected chi connectivity index (χ2v) is 9.83. The molecule has 1 fully saturated rings. The molecule has 1 aliphatic heterocycles. The van der Waals surface area contributed by atoms with E-state index >= 15 is 0 Å². The van der Waals surface area contributed by atoms with E-state index in [1.165, 1.54) is 10.6 Å². The van der Waals surface area contributed by atoms with Gasteiger partial charge in [0, 0.05) is 42.6 Å². The third-order valence-electron chi connectivity index (χ3n) is 5.73. The van der Waals surface area contributed by atoms with Crippen LogP contribution in [0.1, 0.15) is 24.0 Å². The molecule has 0 amide bonds. The predicted molar refractivity (Wildman–Crippen MR) is 120 cm³/mol. The minimum Gasteiger partial charge on any atom is -0.382 e. The van der Waals surface area contributed by atoms with Crippen LogP contribution >= 0.6 is 0 Å². The van der Waals surface area contributed by atoms with Gasteiger partial charge in [0.2, 0.25) is 10.0 Å². The summed E-state index contributed by atoms with van der Waals surface area (Å²) in [7, 11) is -3.14. The fourth-order valence-electron chi connectivity index (χ4n) is 3.96. The van der Waals surface area contributed by atoms with Gasteiger partial charge in [-0.3, -0.25) is 4.98 Å². The summed E-state index contributed by atoms with van der Waals surface area (Å²) >= 11 is 0. The van der Waals surface area contributed by atoms with Crippen molar-refractivity contribution in [2.24, 2.45) is 0 Å². The SMILES string of the molecule is Cc1ccc(-c2cc(NC3CCN(S(C)(=O)=O)CC3)c3cnccc3c2)cc1C#N. The van der Waals surface area contributed by atoms with Crippen LogP contribution in [0.2, 0.25) is 0 Å². The average molecular weight is 421 g/mol. The van der Waals surface area contributed by atoms with Gasteiger partial charge >= 0.3 is 0 Å². The summed E-state index contributed by atoms with van der Waals surface area (Å²) < 4.78 is 25.1. The van der Waals surface area contributed by atoms with Crippen LogP contribution in [-0.2, 0) is 10.0 Å². The zero-order valence-corrected chi connectivity index (χ0v) is 17.9. The number of nitriles is 1. The lowest BCUT2D eigenvalue weighted by molar-refractivity contribution is 0.332. The summed E-state index contributed by atoms with van der Waals surface area (Å²) in [6, 6.07) is 14.6. The number of hydrogen-bond donors (Lipinski definition) is 1. The number of aryl methyl sites for hydroxylation is 1. The van der Waals surface area contributed by atoms with E-state index in [0.717, 1.165) is 46.0 Å². The molecule has 0 aliphatic carbocycles. The minimum atomic E-state index is -3.14. The molecule has 3 aromatic rings. The molecule has 0 spiro atoms. The minimum absolute atomic E-state index is 0.189. The van der Waals surface area contributed by atoms with Crippen molar-refractivity contribution >= 4 is 26.5 Å². The molecular weight excluding hydrogens is 396 g/mol. The molecule has 0 unspecified atom stereocenters. The lowest BCUT2D eigenvalue weighted by Crippen LogP contribution is -2.41. The third kappa shape index (κ3) is 4.16. The Morgan fingerprint density at radius 2 is 1.90 bits per heavy atom. The van der Waals surface area contributed by atoms with Crippen molar-refractivity contribution < 1.29 is 8.42 Å². The van der Waals surface area contributed by atoms with E-state index in [-0.39, 0.29) is 6.04 Å². The average Bonchev–Trinajstić information content (AvgIpc) is 2.74. The number of nitrogens with one attached hydrogen (secondary N) is 1. The monoisotopic (exact) mass is 420 g/mol. The summed E-state index contributed by atoms with van der Waals surface area (Å²) in [4.78, 5) is 4.28. The second kappa shape index (κ2) is 8.05. The van der Waals surface area contributed by atoms with Gasteiger partial charge in [0.05, 0.1) is 17.9 Å². The molecular formula is C23H24N4O2S. The molecule has 1 saturated heterocycles. The molecule has 154 valence electrons. The van der Waals surface area contributed by atoms with Crippen molar-refractivity contribution in [1.82, 2.24) is 9.29 Å². The number of aromatic nitrogens is 1. The van der Waals surface area contributed by atoms with Crippen molar-refractivity contribution in [2.45, 2.75) is 25.8 Å². The topological polar surface area (TPSA) is 86.1 Å². The van der Waals surface area contributed by atoms with Crippen molar-refractivity contribution in [3.05, 3.63) is 59.9 Å². The highest BCUT2D eigenvalue weighted by atomic mass is 32.2. The number of fused-ring (bicyclic) bond motifs is 1. The second-order valence-electron chi connectivity index (χ2n) is 7.84. The predicted octanol–water partition coefficient (Wildman–Crippen LogP) is 3.92. The number of pyridine rings is 1. The maximum absolute atomic E-state index is 11.8. The Balaban J connectivity index is 1.67. The number of benzene rings is 2. The van der Waals surface area contributed by atoms with E-state index in [2.05, 4.69) is 28.5 Å². The summed E-state index contributed by atoms with van der Waals surface area (Å²) in [5.41, 5.74) is 4.63. The van der Waals surface area contributed by atoms with Crippen molar-refractivity contribution in [3.8, 4) is 17.2 Å². The maximum Gasteiger partial charge on any atom is 0.211 e. The van der Waals surface area contributed by atoms with E-state index in [1.807, 2.05) is 37.4 Å². The molecule has 7 heteroatoms. The Morgan fingerprint density at radius 3 is 2.60 bits per heavy atom. The maximum atomic E-state index is 11.8. The molecule has 0 radical (unpaired) electrons. The van der Waals surface area contributed by atoms with Crippen molar-refractivity contribution in [1.29, 1.82) is 5.26 Å². The van der Waals surface area contributed by atoms with Gasteiger partial charge in [-0.15, -0.1) is 0 Å². The fourth-order valence-corrected chi connectivity index (χ4v) is 4.83. The van der Waals surface area contributed by atoms with Crippen LogP contribution in [0, 0.1) is 18.3 Å². The molecule has 0 atom stereocenters. The lowest BCUT2D eigenvalue weighted by atomic mass is 9.97. The number of anilines is 1. The molecule has 4 rings (SSSR count). The van der Waals surface area contributed by atoms with Crippen LogP contribution in [0.5, 0.6) is 0 Å². The molecule has 2 heterocycles. The van der Waals surface area contributed by atoms with Crippen molar-refractivity contribution in [3.63, 3.8) is 0 Å². The molecule has 0 saturated carbocycles. The molecule has 1 aliphatic rings. The fraction of sp³-hybridized carbons (Fsp3) is 0.304. The van der Waals surface area contributed by atoms with Gasteiger partial charge in [0.1, 0.15) is 0 Å². The summed E-state index contributed by atoms with van der Waals surface area (Å²) in [6.45, 7) is 2.98. The van der Waals surface area contributed by atoms with E-state index in [0.29, 0.717) is 18.7 Å². The highest BCUT2D eigenvalue weighted by molar-refractivity contribution is 7.88. The first-order valence-electron chi connectivity index (χ1n) is 9.96. The Bertz CT molecular complexity index is 1240. The lowest BCUT2D eigenvalue weighted by Gasteiger charge is -2.31. The number of hydrogen-bond acceptors (Lipinski definition) is 5. The highest BCUT2D eigenvalue weighted by Gasteiger charge is 2.25. The standard InChI is InChI=1S/C23H24N4O2S/c1-16-3-4-17(11-20(16)14-24)19-12-18-5-8-25-15-22(18)23(13-19)26-21-6-9-27(10-7-21)30(2,28)29/h3-5,8,11-13,15,21,26H,6-7,9-10H2,1-2H3. The largest absolute Gasteiger partial charge is 0.382 e. The smallest absolute Gasteiger partial charge is 0.211 e. The first-order chi connectivity index (χ1) is 14.3. The van der Waals surface area contributed by atoms with Gasteiger partial charge < -0.3 is 5.32 Å². The molecule has 2 aromatic carbocycles. The summed E-state index contributed by atoms with van der Waals surface area (Å²) in [6.07, 6.45) is 6.39. The Morgan fingerprint density at radius 1 is 1.13 bits per heavy atom. The van der Waals surface area contributed by atoms with Gasteiger partial charge in [-0.1, -0.05) is 12.1 Å². The summed E-state index contributed by atoms with van der Waals surface area (Å²) in [5, 5.41) is 15.1. The molecule has 30 heavy (non-hydrogen) atoms. The first kappa shape index (κ1) is 20.3. The summed E-state index contributed by atoms with van der Waals surface area (Å²) in [5.74, 6) is 0. The normalized spacial score (nSPS) is 15.8. The zero-order valence-electron chi connectivity index (χ0n) is 17.1. The van der Waals surface area contributed by atoms with Crippen LogP contribution < -0.4 is 5.32 Å². The molecule has 6 nitrogen and oxygen atoms in total. The van der Waals surface area contributed by atoms with Gasteiger partial charge in [-0.05, 0) is 66.1 Å². The number of rotatable bonds is 4. The molecule has 0 bridgehead atoms. The van der Waals surface area contributed by atoms with Crippen LogP contribution in [-0.4, -0.2) is 43.1 Å². The van der Waals surface area contributed by atoms with Gasteiger partial charge in [-0.2, -0.15) is 5.26 Å². The van der Waals surface area contributed by atoms with E-state index in [9.17, 15) is 13.7 Å². The van der Waals surface area contributed by atoms with Gasteiger partial charge in [0.25, 0.3) is 0 Å². The number of piperidine rings is 1. The first-order valence-corrected chi connectivity index (χ1v) is 11.8. The quantitative estimate of drug-likeness (QED) is 0.691. The third-order valence-corrected chi connectivity index (χ3v) is 7.03. The van der Waals surface area contributed by atoms with E-state index < -0.39 is 10.0 Å². The Hall–Kier alpha value is -2.95. The van der Waals surface area contributed by atoms with Gasteiger partial charge in [0.15, 0.2) is 0 Å². The zero-order chi connectivity index (χ0) is 21.3. The van der Waals surface area contributed by atoms with Crippen molar-refractivity contribution in [2.75, 3.05) is 24.7 Å². The van der Waals surface area contributed by atoms with Crippen LogP contribution in [0.3, 0.4) is 0 Å². The van der Waals surface area contributed by atoms with E-state index in [1.54, 1.807) is 6.20 Å².